The van der Waals surface area contributed by atoms with Crippen LogP contribution in [0.5, 0.6) is 0 Å². The third-order valence-corrected chi connectivity index (χ3v) is 3.73. The summed E-state index contributed by atoms with van der Waals surface area (Å²) in [6.07, 6.45) is 1.92. The Kier molecular flexibility index (Phi) is 6.13. The molecule has 1 aromatic rings. The first-order valence-corrected chi connectivity index (χ1v) is 8.13. The Hall–Kier alpha value is -1.23. The molecule has 1 N–H and O–H groups in total. The average Bonchev–Trinajstić information content (AvgIpc) is 2.44. The van der Waals surface area contributed by atoms with E-state index in [4.69, 9.17) is 9.78 Å². The molecule has 4 nitrogen and oxygen atoms in total. The third-order valence-electron chi connectivity index (χ3n) is 3.73. The van der Waals surface area contributed by atoms with Gasteiger partial charge in [-0.15, -0.1) is 0 Å². The van der Waals surface area contributed by atoms with Crippen LogP contribution in [0.3, 0.4) is 0 Å². The van der Waals surface area contributed by atoms with Crippen molar-refractivity contribution < 1.29 is 19.7 Å². The fourth-order valence-electron chi connectivity index (χ4n) is 2.29. The van der Waals surface area contributed by atoms with Gasteiger partial charge < -0.3 is 5.11 Å². The van der Waals surface area contributed by atoms with Crippen molar-refractivity contribution in [2.45, 2.75) is 78.1 Å². The molecule has 1 aromatic carbocycles. The molecule has 4 heteroatoms. The lowest BCUT2D eigenvalue weighted by Gasteiger charge is -2.31. The lowest BCUT2D eigenvalue weighted by atomic mass is 9.92. The Bertz CT molecular complexity index is 521. The minimum absolute atomic E-state index is 0.303. The van der Waals surface area contributed by atoms with Gasteiger partial charge in [0, 0.05) is 5.56 Å². The van der Waals surface area contributed by atoms with Crippen LogP contribution in [0.4, 0.5) is 0 Å². The highest BCUT2D eigenvalue weighted by Crippen LogP contribution is 2.29. The number of Topliss-reactive ketones (excluding diaryl/α,β-unsaturated/α-hetero) is 1. The minimum atomic E-state index is -1.37. The molecular formula is C19H30O4. The van der Waals surface area contributed by atoms with E-state index in [2.05, 4.69) is 6.92 Å². The lowest BCUT2D eigenvalue weighted by molar-refractivity contribution is -0.406. The van der Waals surface area contributed by atoms with Crippen molar-refractivity contribution in [2.24, 2.45) is 0 Å². The van der Waals surface area contributed by atoms with E-state index in [-0.39, 0.29) is 11.4 Å². The highest BCUT2D eigenvalue weighted by Gasteiger charge is 2.29. The largest absolute Gasteiger partial charge is 0.382 e. The fraction of sp³-hybridized carbons (Fsp3) is 0.632. The number of benzene rings is 1. The van der Waals surface area contributed by atoms with Gasteiger partial charge in [0.05, 0.1) is 5.60 Å². The van der Waals surface area contributed by atoms with Crippen molar-refractivity contribution in [3.05, 3.63) is 35.4 Å². The molecule has 0 saturated heterocycles. The van der Waals surface area contributed by atoms with E-state index in [9.17, 15) is 9.90 Å². The normalized spacial score (nSPS) is 13.2. The number of aliphatic hydroxyl groups is 1. The molecule has 23 heavy (non-hydrogen) atoms. The zero-order chi connectivity index (χ0) is 17.9. The molecule has 0 heterocycles. The first kappa shape index (κ1) is 19.8. The van der Waals surface area contributed by atoms with Gasteiger partial charge in [0.25, 0.3) is 0 Å². The van der Waals surface area contributed by atoms with Gasteiger partial charge in [-0.05, 0) is 53.5 Å². The molecule has 0 bridgehead atoms. The number of carbonyl (C=O) groups excluding carboxylic acids is 1. The van der Waals surface area contributed by atoms with Gasteiger partial charge in [0.2, 0.25) is 0 Å². The first-order valence-electron chi connectivity index (χ1n) is 8.13. The molecule has 0 unspecified atom stereocenters. The number of carbonyl (C=O) groups is 1. The molecule has 0 aliphatic rings. The van der Waals surface area contributed by atoms with Crippen molar-refractivity contribution in [2.75, 3.05) is 0 Å². The van der Waals surface area contributed by atoms with Crippen LogP contribution in [0.25, 0.3) is 0 Å². The van der Waals surface area contributed by atoms with E-state index >= 15 is 0 Å². The van der Waals surface area contributed by atoms with Gasteiger partial charge >= 0.3 is 0 Å². The van der Waals surface area contributed by atoms with Crippen LogP contribution in [0.1, 0.15) is 77.2 Å². The summed E-state index contributed by atoms with van der Waals surface area (Å²) >= 11 is 0. The molecule has 130 valence electrons. The molecule has 0 atom stereocenters. The van der Waals surface area contributed by atoms with Gasteiger partial charge in [0.1, 0.15) is 11.2 Å². The molecule has 0 fully saturated rings. The molecule has 0 spiro atoms. The van der Waals surface area contributed by atoms with Crippen molar-refractivity contribution in [1.29, 1.82) is 0 Å². The van der Waals surface area contributed by atoms with Gasteiger partial charge in [0.15, 0.2) is 5.78 Å². The maximum atomic E-state index is 12.1. The molecular weight excluding hydrogens is 292 g/mol. The SMILES string of the molecule is CCCC(C)(C)OOC(C)(C)c1ccc(C(=O)C(C)(C)O)cc1. The Labute approximate surface area is 139 Å². The zero-order valence-corrected chi connectivity index (χ0v) is 15.4. The van der Waals surface area contributed by atoms with Crippen LogP contribution in [-0.4, -0.2) is 22.1 Å². The van der Waals surface area contributed by atoms with Crippen LogP contribution >= 0.6 is 0 Å². The topological polar surface area (TPSA) is 55.8 Å². The van der Waals surface area contributed by atoms with Gasteiger partial charge in [-0.2, -0.15) is 0 Å². The molecule has 0 amide bonds. The van der Waals surface area contributed by atoms with Crippen LogP contribution in [-0.2, 0) is 15.4 Å². The molecule has 0 aliphatic carbocycles. The summed E-state index contributed by atoms with van der Waals surface area (Å²) in [7, 11) is 0. The van der Waals surface area contributed by atoms with Gasteiger partial charge in [-0.1, -0.05) is 37.6 Å². The predicted molar refractivity (Wildman–Crippen MR) is 91.3 cm³/mol. The van der Waals surface area contributed by atoms with Crippen molar-refractivity contribution in [3.63, 3.8) is 0 Å². The second kappa shape index (κ2) is 7.12. The average molecular weight is 322 g/mol. The Morgan fingerprint density at radius 3 is 1.96 bits per heavy atom. The van der Waals surface area contributed by atoms with Crippen molar-refractivity contribution >= 4 is 5.78 Å². The number of hydrogen-bond donors (Lipinski definition) is 1. The lowest BCUT2D eigenvalue weighted by Crippen LogP contribution is -2.32. The summed E-state index contributed by atoms with van der Waals surface area (Å²) in [5, 5.41) is 9.80. The maximum Gasteiger partial charge on any atom is 0.193 e. The van der Waals surface area contributed by atoms with Crippen molar-refractivity contribution in [3.8, 4) is 0 Å². The molecule has 0 saturated carbocycles. The summed E-state index contributed by atoms with van der Waals surface area (Å²) in [5.41, 5.74) is -0.980. The minimum Gasteiger partial charge on any atom is -0.382 e. The van der Waals surface area contributed by atoms with Crippen LogP contribution < -0.4 is 0 Å². The maximum absolute atomic E-state index is 12.1. The smallest absolute Gasteiger partial charge is 0.193 e. The van der Waals surface area contributed by atoms with Crippen LogP contribution in [0.2, 0.25) is 0 Å². The quantitative estimate of drug-likeness (QED) is 0.438. The highest BCUT2D eigenvalue weighted by molar-refractivity contribution is 6.01. The zero-order valence-electron chi connectivity index (χ0n) is 15.4. The summed E-state index contributed by atoms with van der Waals surface area (Å²) < 4.78 is 0. The summed E-state index contributed by atoms with van der Waals surface area (Å²) in [6, 6.07) is 7.07. The Morgan fingerprint density at radius 2 is 1.52 bits per heavy atom. The van der Waals surface area contributed by atoms with Crippen molar-refractivity contribution in [1.82, 2.24) is 0 Å². The standard InChI is InChI=1S/C19H30O4/c1-8-13-17(2,3)22-23-19(6,7)15-11-9-14(10-12-15)16(20)18(4,5)21/h9-12,21H,8,13H2,1-7H3. The van der Waals surface area contributed by atoms with Crippen LogP contribution in [0.15, 0.2) is 24.3 Å². The monoisotopic (exact) mass is 322 g/mol. The van der Waals surface area contributed by atoms with Gasteiger partial charge in [-0.3, -0.25) is 4.79 Å². The third kappa shape index (κ3) is 5.72. The van der Waals surface area contributed by atoms with E-state index in [0.717, 1.165) is 18.4 Å². The number of hydrogen-bond acceptors (Lipinski definition) is 4. The molecule has 0 aliphatic heterocycles. The van der Waals surface area contributed by atoms with E-state index in [0.29, 0.717) is 5.56 Å². The second-order valence-corrected chi connectivity index (χ2v) is 7.65. The number of rotatable bonds is 8. The first-order chi connectivity index (χ1) is 10.4. The van der Waals surface area contributed by atoms with Gasteiger partial charge in [-0.25, -0.2) is 9.78 Å². The predicted octanol–water partition coefficient (Wildman–Crippen LogP) is 4.40. The van der Waals surface area contributed by atoms with E-state index in [1.165, 1.54) is 13.8 Å². The van der Waals surface area contributed by atoms with Crippen LogP contribution in [0, 0.1) is 0 Å². The summed E-state index contributed by atoms with van der Waals surface area (Å²) in [4.78, 5) is 23.3. The molecule has 0 radical (unpaired) electrons. The number of ketones is 1. The Morgan fingerprint density at radius 1 is 1.00 bits per heavy atom. The fourth-order valence-corrected chi connectivity index (χ4v) is 2.29. The van der Waals surface area contributed by atoms with E-state index in [1.807, 2.05) is 39.8 Å². The highest BCUT2D eigenvalue weighted by atomic mass is 17.2. The second-order valence-electron chi connectivity index (χ2n) is 7.65. The summed E-state index contributed by atoms with van der Waals surface area (Å²) in [6.45, 7) is 12.9. The Balaban J connectivity index is 2.84. The molecule has 0 aromatic heterocycles. The summed E-state index contributed by atoms with van der Waals surface area (Å²) in [5.74, 6) is -0.303. The molecule has 1 rings (SSSR count). The van der Waals surface area contributed by atoms with E-state index < -0.39 is 11.2 Å². The van der Waals surface area contributed by atoms with E-state index in [1.54, 1.807) is 12.1 Å².